The summed E-state index contributed by atoms with van der Waals surface area (Å²) in [6.45, 7) is 10.5. The van der Waals surface area contributed by atoms with Gasteiger partial charge >= 0.3 is 0 Å². The van der Waals surface area contributed by atoms with E-state index >= 15 is 0 Å². The van der Waals surface area contributed by atoms with Gasteiger partial charge in [-0.2, -0.15) is 5.10 Å². The van der Waals surface area contributed by atoms with Gasteiger partial charge in [-0.1, -0.05) is 25.1 Å². The minimum Gasteiger partial charge on any atom is -0.508 e. The van der Waals surface area contributed by atoms with Gasteiger partial charge in [0.1, 0.15) is 5.75 Å². The molecule has 0 aliphatic carbocycles. The number of aromatic nitrogens is 2. The summed E-state index contributed by atoms with van der Waals surface area (Å²) in [5.41, 5.74) is 4.13. The maximum Gasteiger partial charge on any atom is 0.120 e. The first-order valence-electron chi connectivity index (χ1n) is 7.55. The Bertz CT molecular complexity index is 616. The Morgan fingerprint density at radius 1 is 1.24 bits per heavy atom. The number of aryl methyl sites for hydroxylation is 1. The molecule has 0 aliphatic heterocycles. The van der Waals surface area contributed by atoms with E-state index in [0.29, 0.717) is 11.8 Å². The van der Waals surface area contributed by atoms with Crippen molar-refractivity contribution in [1.82, 2.24) is 9.78 Å². The highest BCUT2D eigenvalue weighted by molar-refractivity contribution is 5.54. The molecule has 1 heterocycles. The lowest BCUT2D eigenvalue weighted by molar-refractivity contribution is 0.462. The van der Waals surface area contributed by atoms with Crippen LogP contribution in [0.3, 0.4) is 0 Å². The number of benzene rings is 1. The Labute approximate surface area is 126 Å². The lowest BCUT2D eigenvalue weighted by Gasteiger charge is -2.20. The minimum absolute atomic E-state index is 0.0772. The van der Waals surface area contributed by atoms with Crippen molar-refractivity contribution in [1.29, 1.82) is 0 Å². The summed E-state index contributed by atoms with van der Waals surface area (Å²) >= 11 is 0. The van der Waals surface area contributed by atoms with E-state index in [4.69, 9.17) is 0 Å². The topological polar surface area (TPSA) is 50.1 Å². The molecule has 4 heteroatoms. The molecule has 2 aromatic rings. The van der Waals surface area contributed by atoms with Gasteiger partial charge in [0.05, 0.1) is 23.1 Å². The standard InChI is InChI=1S/C17H25N3O/c1-6-15(14-9-7-8-10-16(14)21)18-17-12(4)19-20(11(2)3)13(17)5/h7-11,15,18,21H,6H2,1-5H3. The van der Waals surface area contributed by atoms with Crippen LogP contribution in [-0.2, 0) is 0 Å². The highest BCUT2D eigenvalue weighted by Crippen LogP contribution is 2.32. The summed E-state index contributed by atoms with van der Waals surface area (Å²) < 4.78 is 2.04. The maximum atomic E-state index is 10.1. The average Bonchev–Trinajstić information content (AvgIpc) is 2.73. The number of hydrogen-bond donors (Lipinski definition) is 2. The first kappa shape index (κ1) is 15.4. The Morgan fingerprint density at radius 2 is 1.90 bits per heavy atom. The largest absolute Gasteiger partial charge is 0.508 e. The summed E-state index contributed by atoms with van der Waals surface area (Å²) in [7, 11) is 0. The number of nitrogens with one attached hydrogen (secondary N) is 1. The molecule has 0 amide bonds. The molecule has 0 radical (unpaired) electrons. The molecular formula is C17H25N3O. The fourth-order valence-corrected chi connectivity index (χ4v) is 2.73. The van der Waals surface area contributed by atoms with Crippen LogP contribution in [0.25, 0.3) is 0 Å². The van der Waals surface area contributed by atoms with Gasteiger partial charge < -0.3 is 10.4 Å². The summed E-state index contributed by atoms with van der Waals surface area (Å²) in [6.07, 6.45) is 0.892. The molecule has 0 aliphatic rings. The van der Waals surface area contributed by atoms with Crippen molar-refractivity contribution in [3.05, 3.63) is 41.2 Å². The second-order valence-electron chi connectivity index (χ2n) is 5.75. The molecule has 1 atom stereocenters. The summed E-state index contributed by atoms with van der Waals surface area (Å²) in [5, 5.41) is 18.2. The third kappa shape index (κ3) is 3.04. The number of aromatic hydroxyl groups is 1. The number of nitrogens with zero attached hydrogens (tertiary/aromatic N) is 2. The molecule has 2 N–H and O–H groups in total. The summed E-state index contributed by atoms with van der Waals surface area (Å²) in [5.74, 6) is 0.336. The predicted octanol–water partition coefficient (Wildman–Crippen LogP) is 4.35. The molecule has 1 aromatic carbocycles. The average molecular weight is 287 g/mol. The monoisotopic (exact) mass is 287 g/mol. The Hall–Kier alpha value is -1.97. The molecule has 21 heavy (non-hydrogen) atoms. The van der Waals surface area contributed by atoms with Crippen LogP contribution in [0, 0.1) is 13.8 Å². The second-order valence-corrected chi connectivity index (χ2v) is 5.75. The number of phenols is 1. The zero-order valence-electron chi connectivity index (χ0n) is 13.5. The molecule has 114 valence electrons. The van der Waals surface area contributed by atoms with E-state index in [1.807, 2.05) is 29.8 Å². The summed E-state index contributed by atoms with van der Waals surface area (Å²) in [4.78, 5) is 0. The van der Waals surface area contributed by atoms with Gasteiger partial charge in [0, 0.05) is 11.6 Å². The number of rotatable bonds is 5. The molecule has 0 spiro atoms. The normalized spacial score (nSPS) is 12.7. The van der Waals surface area contributed by atoms with E-state index in [-0.39, 0.29) is 6.04 Å². The van der Waals surface area contributed by atoms with Gasteiger partial charge in [0.2, 0.25) is 0 Å². The molecule has 2 rings (SSSR count). The van der Waals surface area contributed by atoms with Crippen LogP contribution in [0.2, 0.25) is 0 Å². The zero-order valence-corrected chi connectivity index (χ0v) is 13.5. The molecule has 0 saturated carbocycles. The fourth-order valence-electron chi connectivity index (χ4n) is 2.73. The van der Waals surface area contributed by atoms with Crippen LogP contribution in [0.4, 0.5) is 5.69 Å². The third-order valence-electron chi connectivity index (χ3n) is 3.85. The van der Waals surface area contributed by atoms with Crippen LogP contribution in [0.5, 0.6) is 5.75 Å². The van der Waals surface area contributed by atoms with Gasteiger partial charge in [-0.05, 0) is 40.2 Å². The fraction of sp³-hybridized carbons (Fsp3) is 0.471. The SMILES string of the molecule is CCC(Nc1c(C)nn(C(C)C)c1C)c1ccccc1O. The Morgan fingerprint density at radius 3 is 2.43 bits per heavy atom. The highest BCUT2D eigenvalue weighted by atomic mass is 16.3. The molecule has 0 fully saturated rings. The van der Waals surface area contributed by atoms with Crippen molar-refractivity contribution in [2.24, 2.45) is 0 Å². The summed E-state index contributed by atoms with van der Waals surface area (Å²) in [6, 6.07) is 7.92. The molecule has 1 aromatic heterocycles. The van der Waals surface area contributed by atoms with E-state index < -0.39 is 0 Å². The van der Waals surface area contributed by atoms with Crippen molar-refractivity contribution in [3.8, 4) is 5.75 Å². The van der Waals surface area contributed by atoms with Crippen LogP contribution in [-0.4, -0.2) is 14.9 Å². The van der Waals surface area contributed by atoms with Crippen molar-refractivity contribution in [3.63, 3.8) is 0 Å². The van der Waals surface area contributed by atoms with Gasteiger partial charge in [-0.15, -0.1) is 0 Å². The quantitative estimate of drug-likeness (QED) is 0.859. The minimum atomic E-state index is 0.0772. The van der Waals surface area contributed by atoms with E-state index in [1.165, 1.54) is 0 Å². The van der Waals surface area contributed by atoms with Crippen molar-refractivity contribution >= 4 is 5.69 Å². The van der Waals surface area contributed by atoms with Gasteiger partial charge in [0.15, 0.2) is 0 Å². The van der Waals surface area contributed by atoms with E-state index in [0.717, 1.165) is 29.1 Å². The lowest BCUT2D eigenvalue weighted by atomic mass is 10.0. The third-order valence-corrected chi connectivity index (χ3v) is 3.85. The van der Waals surface area contributed by atoms with Crippen molar-refractivity contribution in [2.75, 3.05) is 5.32 Å². The second kappa shape index (κ2) is 6.20. The smallest absolute Gasteiger partial charge is 0.120 e. The van der Waals surface area contributed by atoms with E-state index in [2.05, 4.69) is 38.1 Å². The highest BCUT2D eigenvalue weighted by Gasteiger charge is 2.18. The van der Waals surface area contributed by atoms with Gasteiger partial charge in [-0.25, -0.2) is 0 Å². The van der Waals surface area contributed by atoms with Crippen molar-refractivity contribution < 1.29 is 5.11 Å². The molecular weight excluding hydrogens is 262 g/mol. The number of anilines is 1. The van der Waals surface area contributed by atoms with Crippen LogP contribution in [0.1, 0.15) is 56.2 Å². The van der Waals surface area contributed by atoms with E-state index in [9.17, 15) is 5.11 Å². The molecule has 0 bridgehead atoms. The molecule has 0 saturated heterocycles. The van der Waals surface area contributed by atoms with Gasteiger partial charge in [-0.3, -0.25) is 4.68 Å². The van der Waals surface area contributed by atoms with E-state index in [1.54, 1.807) is 6.07 Å². The van der Waals surface area contributed by atoms with Crippen molar-refractivity contribution in [2.45, 2.75) is 53.1 Å². The number of phenolic OH excluding ortho intramolecular Hbond substituents is 1. The van der Waals surface area contributed by atoms with Crippen LogP contribution >= 0.6 is 0 Å². The number of hydrogen-bond acceptors (Lipinski definition) is 3. The Balaban J connectivity index is 2.34. The molecule has 4 nitrogen and oxygen atoms in total. The zero-order chi connectivity index (χ0) is 15.6. The Kier molecular flexibility index (Phi) is 4.56. The van der Waals surface area contributed by atoms with Crippen LogP contribution in [0.15, 0.2) is 24.3 Å². The van der Waals surface area contributed by atoms with Crippen LogP contribution < -0.4 is 5.32 Å². The number of para-hydroxylation sites is 1. The lowest BCUT2D eigenvalue weighted by Crippen LogP contribution is -2.11. The predicted molar refractivity (Wildman–Crippen MR) is 86.8 cm³/mol. The molecule has 1 unspecified atom stereocenters. The first-order chi connectivity index (χ1) is 9.95. The van der Waals surface area contributed by atoms with Gasteiger partial charge in [0.25, 0.3) is 0 Å². The first-order valence-corrected chi connectivity index (χ1v) is 7.55. The maximum absolute atomic E-state index is 10.1.